The minimum absolute atomic E-state index is 0.0866. The second-order valence-electron chi connectivity index (χ2n) is 5.47. The Labute approximate surface area is 116 Å². The summed E-state index contributed by atoms with van der Waals surface area (Å²) in [7, 11) is 0. The third kappa shape index (κ3) is 3.15. The third-order valence-electron chi connectivity index (χ3n) is 4.36. The summed E-state index contributed by atoms with van der Waals surface area (Å²) in [4.78, 5) is 2.46. The van der Waals surface area contributed by atoms with Crippen LogP contribution in [0.4, 0.5) is 4.39 Å². The van der Waals surface area contributed by atoms with Crippen LogP contribution < -0.4 is 5.32 Å². The van der Waals surface area contributed by atoms with Gasteiger partial charge in [-0.1, -0.05) is 32.0 Å². The molecule has 3 atom stereocenters. The molecular formula is C16H25FN2. The van der Waals surface area contributed by atoms with Crippen LogP contribution in [-0.4, -0.2) is 30.1 Å². The smallest absolute Gasteiger partial charge is 0.127 e. The van der Waals surface area contributed by atoms with Crippen LogP contribution in [0.5, 0.6) is 0 Å². The van der Waals surface area contributed by atoms with Crippen LogP contribution in [0.3, 0.4) is 0 Å². The summed E-state index contributed by atoms with van der Waals surface area (Å²) in [5.41, 5.74) is 0.817. The lowest BCUT2D eigenvalue weighted by molar-refractivity contribution is 0.0834. The summed E-state index contributed by atoms with van der Waals surface area (Å²) < 4.78 is 14.0. The molecule has 3 heteroatoms. The van der Waals surface area contributed by atoms with E-state index in [-0.39, 0.29) is 11.9 Å². The first kappa shape index (κ1) is 14.5. The van der Waals surface area contributed by atoms with Gasteiger partial charge in [-0.15, -0.1) is 0 Å². The standard InChI is InChI=1S/C16H25FN2/c1-4-13-11-19(14(5-2)10-18-13)12(3)15-8-6-7-9-16(15)17/h6-9,12-14,18H,4-5,10-11H2,1-3H3. The van der Waals surface area contributed by atoms with Gasteiger partial charge in [0, 0.05) is 36.8 Å². The summed E-state index contributed by atoms with van der Waals surface area (Å²) in [6.07, 6.45) is 2.22. The van der Waals surface area contributed by atoms with Gasteiger partial charge in [-0.2, -0.15) is 0 Å². The average molecular weight is 264 g/mol. The lowest BCUT2D eigenvalue weighted by Crippen LogP contribution is -2.56. The molecule has 1 fully saturated rings. The van der Waals surface area contributed by atoms with E-state index in [4.69, 9.17) is 0 Å². The van der Waals surface area contributed by atoms with Gasteiger partial charge in [-0.3, -0.25) is 4.90 Å². The van der Waals surface area contributed by atoms with E-state index in [1.165, 1.54) is 0 Å². The molecule has 0 aromatic heterocycles. The number of benzene rings is 1. The van der Waals surface area contributed by atoms with E-state index >= 15 is 0 Å². The molecule has 0 amide bonds. The Balaban J connectivity index is 2.19. The van der Waals surface area contributed by atoms with Gasteiger partial charge in [0.25, 0.3) is 0 Å². The van der Waals surface area contributed by atoms with E-state index in [0.29, 0.717) is 12.1 Å². The molecule has 0 saturated carbocycles. The second kappa shape index (κ2) is 6.49. The highest BCUT2D eigenvalue weighted by Crippen LogP contribution is 2.27. The van der Waals surface area contributed by atoms with E-state index in [1.807, 2.05) is 12.1 Å². The van der Waals surface area contributed by atoms with Crippen molar-refractivity contribution < 1.29 is 4.39 Å². The molecule has 1 aliphatic rings. The average Bonchev–Trinajstić information content (AvgIpc) is 2.46. The topological polar surface area (TPSA) is 15.3 Å². The predicted octanol–water partition coefficient (Wildman–Crippen LogP) is 3.35. The molecule has 2 nitrogen and oxygen atoms in total. The van der Waals surface area contributed by atoms with Gasteiger partial charge in [0.05, 0.1) is 0 Å². The van der Waals surface area contributed by atoms with Crippen LogP contribution >= 0.6 is 0 Å². The molecule has 106 valence electrons. The van der Waals surface area contributed by atoms with Crippen LogP contribution in [0.25, 0.3) is 0 Å². The van der Waals surface area contributed by atoms with Crippen molar-refractivity contribution in [2.75, 3.05) is 13.1 Å². The van der Waals surface area contributed by atoms with Crippen molar-refractivity contribution in [3.8, 4) is 0 Å². The van der Waals surface area contributed by atoms with Crippen molar-refractivity contribution in [1.82, 2.24) is 10.2 Å². The normalized spacial score (nSPS) is 26.3. The zero-order chi connectivity index (χ0) is 13.8. The third-order valence-corrected chi connectivity index (χ3v) is 4.36. The second-order valence-corrected chi connectivity index (χ2v) is 5.47. The minimum atomic E-state index is -0.0866. The molecule has 0 radical (unpaired) electrons. The van der Waals surface area contributed by atoms with Crippen LogP contribution in [-0.2, 0) is 0 Å². The molecule has 0 aliphatic carbocycles. The van der Waals surface area contributed by atoms with Gasteiger partial charge in [-0.25, -0.2) is 4.39 Å². The maximum absolute atomic E-state index is 14.0. The van der Waals surface area contributed by atoms with Crippen molar-refractivity contribution in [3.63, 3.8) is 0 Å². The SMILES string of the molecule is CCC1CN(C(C)c2ccccc2F)C(CC)CN1. The lowest BCUT2D eigenvalue weighted by atomic mass is 9.98. The molecule has 2 rings (SSSR count). The van der Waals surface area contributed by atoms with E-state index in [9.17, 15) is 4.39 Å². The van der Waals surface area contributed by atoms with Gasteiger partial charge in [0.2, 0.25) is 0 Å². The molecule has 0 spiro atoms. The van der Waals surface area contributed by atoms with Crippen molar-refractivity contribution in [1.29, 1.82) is 0 Å². The van der Waals surface area contributed by atoms with E-state index in [1.54, 1.807) is 12.1 Å². The number of nitrogens with zero attached hydrogens (tertiary/aromatic N) is 1. The van der Waals surface area contributed by atoms with Crippen molar-refractivity contribution in [2.24, 2.45) is 0 Å². The molecule has 1 N–H and O–H groups in total. The van der Waals surface area contributed by atoms with Gasteiger partial charge in [0.15, 0.2) is 0 Å². The molecule has 1 heterocycles. The summed E-state index contributed by atoms with van der Waals surface area (Å²) >= 11 is 0. The highest BCUT2D eigenvalue weighted by Gasteiger charge is 2.30. The molecule has 0 bridgehead atoms. The van der Waals surface area contributed by atoms with Crippen LogP contribution in [0.2, 0.25) is 0 Å². The summed E-state index contributed by atoms with van der Waals surface area (Å²) in [6.45, 7) is 8.55. The van der Waals surface area contributed by atoms with E-state index < -0.39 is 0 Å². The van der Waals surface area contributed by atoms with E-state index in [0.717, 1.165) is 31.5 Å². The van der Waals surface area contributed by atoms with Crippen LogP contribution in [0.15, 0.2) is 24.3 Å². The first-order chi connectivity index (χ1) is 9.17. The Hall–Kier alpha value is -0.930. The fraction of sp³-hybridized carbons (Fsp3) is 0.625. The molecule has 19 heavy (non-hydrogen) atoms. The maximum Gasteiger partial charge on any atom is 0.127 e. The zero-order valence-electron chi connectivity index (χ0n) is 12.2. The molecular weight excluding hydrogens is 239 g/mol. The minimum Gasteiger partial charge on any atom is -0.311 e. The van der Waals surface area contributed by atoms with E-state index in [2.05, 4.69) is 31.0 Å². The number of piperazine rings is 1. The van der Waals surface area contributed by atoms with Gasteiger partial charge >= 0.3 is 0 Å². The first-order valence-electron chi connectivity index (χ1n) is 7.40. The number of hydrogen-bond donors (Lipinski definition) is 1. The van der Waals surface area contributed by atoms with Crippen LogP contribution in [0.1, 0.15) is 45.2 Å². The largest absolute Gasteiger partial charge is 0.311 e. The number of hydrogen-bond acceptors (Lipinski definition) is 2. The molecule has 1 aromatic carbocycles. The molecule has 3 unspecified atom stereocenters. The molecule has 1 aromatic rings. The first-order valence-corrected chi connectivity index (χ1v) is 7.40. The maximum atomic E-state index is 14.0. The Morgan fingerprint density at radius 2 is 2.05 bits per heavy atom. The van der Waals surface area contributed by atoms with Crippen molar-refractivity contribution >= 4 is 0 Å². The zero-order valence-corrected chi connectivity index (χ0v) is 12.2. The summed E-state index contributed by atoms with van der Waals surface area (Å²) in [6, 6.07) is 8.32. The highest BCUT2D eigenvalue weighted by atomic mass is 19.1. The lowest BCUT2D eigenvalue weighted by Gasteiger charge is -2.43. The quantitative estimate of drug-likeness (QED) is 0.897. The van der Waals surface area contributed by atoms with Crippen molar-refractivity contribution in [2.45, 2.75) is 51.7 Å². The number of halogens is 1. The molecule has 1 saturated heterocycles. The molecule has 1 aliphatic heterocycles. The number of nitrogens with one attached hydrogen (secondary N) is 1. The Bertz CT molecular complexity index is 407. The van der Waals surface area contributed by atoms with Gasteiger partial charge in [0.1, 0.15) is 5.82 Å². The summed E-state index contributed by atoms with van der Waals surface area (Å²) in [5.74, 6) is -0.0866. The number of rotatable bonds is 4. The summed E-state index contributed by atoms with van der Waals surface area (Å²) in [5, 5.41) is 3.59. The monoisotopic (exact) mass is 264 g/mol. The van der Waals surface area contributed by atoms with Gasteiger partial charge in [-0.05, 0) is 25.8 Å². The van der Waals surface area contributed by atoms with Crippen molar-refractivity contribution in [3.05, 3.63) is 35.6 Å². The Morgan fingerprint density at radius 1 is 1.32 bits per heavy atom. The fourth-order valence-electron chi connectivity index (χ4n) is 3.01. The predicted molar refractivity (Wildman–Crippen MR) is 77.7 cm³/mol. The van der Waals surface area contributed by atoms with Gasteiger partial charge < -0.3 is 5.32 Å². The Kier molecular flexibility index (Phi) is 4.94. The highest BCUT2D eigenvalue weighted by molar-refractivity contribution is 5.21. The Morgan fingerprint density at radius 3 is 2.68 bits per heavy atom. The fourth-order valence-corrected chi connectivity index (χ4v) is 3.01. The van der Waals surface area contributed by atoms with Crippen LogP contribution in [0, 0.1) is 5.82 Å².